The Morgan fingerprint density at radius 1 is 1.12 bits per heavy atom. The Bertz CT molecular complexity index is 693. The molecule has 0 bridgehead atoms. The maximum Gasteiger partial charge on any atom is 0.407 e. The summed E-state index contributed by atoms with van der Waals surface area (Å²) in [4.78, 5) is 11.4. The number of hydrogen-bond donors (Lipinski definition) is 1. The predicted molar refractivity (Wildman–Crippen MR) is 97.5 cm³/mol. The predicted octanol–water partition coefficient (Wildman–Crippen LogP) is 4.26. The normalized spacial score (nSPS) is 16.2. The number of benzene rings is 2. The second-order valence-electron chi connectivity index (χ2n) is 5.53. The maximum atomic E-state index is 11.4. The van der Waals surface area contributed by atoms with Crippen LogP contribution in [0.2, 0.25) is 0 Å². The minimum Gasteiger partial charge on any atom is -0.490 e. The molecule has 2 aromatic rings. The van der Waals surface area contributed by atoms with E-state index in [1.54, 1.807) is 0 Å². The summed E-state index contributed by atoms with van der Waals surface area (Å²) in [6.07, 6.45) is 0.357. The van der Waals surface area contributed by atoms with Crippen LogP contribution in [0.15, 0.2) is 48.5 Å². The van der Waals surface area contributed by atoms with E-state index >= 15 is 0 Å². The van der Waals surface area contributed by atoms with Crippen molar-refractivity contribution < 1.29 is 19.0 Å². The van der Waals surface area contributed by atoms with Crippen molar-refractivity contribution >= 4 is 18.5 Å². The number of ether oxygens (including phenoxy) is 3. The average molecular weight is 364 g/mol. The second-order valence-corrected chi connectivity index (χ2v) is 5.53. The first-order valence-corrected chi connectivity index (χ1v) is 8.13. The number of rotatable bonds is 6. The third-order valence-corrected chi connectivity index (χ3v) is 3.84. The third-order valence-electron chi connectivity index (χ3n) is 3.84. The maximum absolute atomic E-state index is 11.4. The molecule has 1 fully saturated rings. The van der Waals surface area contributed by atoms with Gasteiger partial charge in [-0.1, -0.05) is 36.4 Å². The van der Waals surface area contributed by atoms with Crippen molar-refractivity contribution in [3.63, 3.8) is 0 Å². The molecule has 6 heteroatoms. The molecule has 1 atom stereocenters. The number of carbonyl (C=O) groups excluding carboxylic acids is 1. The van der Waals surface area contributed by atoms with E-state index in [2.05, 4.69) is 5.32 Å². The molecule has 0 saturated carbocycles. The molecule has 1 heterocycles. The molecule has 1 aliphatic heterocycles. The van der Waals surface area contributed by atoms with Gasteiger partial charge in [-0.2, -0.15) is 0 Å². The zero-order valence-corrected chi connectivity index (χ0v) is 14.9. The summed E-state index contributed by atoms with van der Waals surface area (Å²) in [5.74, 6) is 1.38. The Labute approximate surface area is 153 Å². The number of carbonyl (C=O) groups is 1. The second kappa shape index (κ2) is 9.18. The largest absolute Gasteiger partial charge is 0.490 e. The van der Waals surface area contributed by atoms with Gasteiger partial charge in [-0.3, -0.25) is 0 Å². The summed E-state index contributed by atoms with van der Waals surface area (Å²) in [6, 6.07) is 15.7. The van der Waals surface area contributed by atoms with Gasteiger partial charge >= 0.3 is 6.09 Å². The topological polar surface area (TPSA) is 56.8 Å². The molecule has 1 N–H and O–H groups in total. The van der Waals surface area contributed by atoms with Gasteiger partial charge in [0.2, 0.25) is 0 Å². The molecule has 1 amide bonds. The van der Waals surface area contributed by atoms with Gasteiger partial charge in [0.15, 0.2) is 11.5 Å². The number of hydrogen-bond acceptors (Lipinski definition) is 4. The lowest BCUT2D eigenvalue weighted by Gasteiger charge is -2.24. The SMILES string of the molecule is CCOc1cc([C@H]2CCOC(=O)N2)ccc1OCc1ccccc1.Cl. The van der Waals surface area contributed by atoms with Crippen LogP contribution in [0, 0.1) is 0 Å². The van der Waals surface area contributed by atoms with Gasteiger partial charge in [0, 0.05) is 6.42 Å². The summed E-state index contributed by atoms with van der Waals surface area (Å²) in [5, 5.41) is 2.82. The number of halogens is 1. The van der Waals surface area contributed by atoms with E-state index in [1.807, 2.05) is 55.5 Å². The van der Waals surface area contributed by atoms with Gasteiger partial charge in [-0.05, 0) is 30.2 Å². The lowest BCUT2D eigenvalue weighted by Crippen LogP contribution is -2.35. The van der Waals surface area contributed by atoms with Gasteiger partial charge < -0.3 is 19.5 Å². The summed E-state index contributed by atoms with van der Waals surface area (Å²) >= 11 is 0. The molecule has 2 aromatic carbocycles. The van der Waals surface area contributed by atoms with Crippen molar-refractivity contribution in [1.82, 2.24) is 5.32 Å². The van der Waals surface area contributed by atoms with Crippen LogP contribution in [-0.4, -0.2) is 19.3 Å². The van der Waals surface area contributed by atoms with Crippen molar-refractivity contribution in [3.8, 4) is 11.5 Å². The molecule has 5 nitrogen and oxygen atoms in total. The van der Waals surface area contributed by atoms with E-state index in [9.17, 15) is 4.79 Å². The molecule has 134 valence electrons. The van der Waals surface area contributed by atoms with Crippen LogP contribution >= 0.6 is 12.4 Å². The molecular formula is C19H22ClNO4. The van der Waals surface area contributed by atoms with Crippen LogP contribution in [0.3, 0.4) is 0 Å². The summed E-state index contributed by atoms with van der Waals surface area (Å²) in [5.41, 5.74) is 2.09. The van der Waals surface area contributed by atoms with Crippen LogP contribution in [0.5, 0.6) is 11.5 Å². The highest BCUT2D eigenvalue weighted by atomic mass is 35.5. The number of nitrogens with one attached hydrogen (secondary N) is 1. The summed E-state index contributed by atoms with van der Waals surface area (Å²) < 4.78 is 16.5. The summed E-state index contributed by atoms with van der Waals surface area (Å²) in [6.45, 7) is 3.39. The molecule has 1 aliphatic rings. The fourth-order valence-electron chi connectivity index (χ4n) is 2.64. The Hall–Kier alpha value is -2.40. The van der Waals surface area contributed by atoms with Gasteiger partial charge in [0.05, 0.1) is 19.3 Å². The minimum atomic E-state index is -0.381. The quantitative estimate of drug-likeness (QED) is 0.833. The van der Waals surface area contributed by atoms with E-state index in [-0.39, 0.29) is 24.5 Å². The third kappa shape index (κ3) is 5.03. The van der Waals surface area contributed by atoms with Crippen molar-refractivity contribution in [2.45, 2.75) is 26.0 Å². The molecular weight excluding hydrogens is 342 g/mol. The number of alkyl carbamates (subject to hydrolysis) is 1. The van der Waals surface area contributed by atoms with Gasteiger partial charge in [-0.15, -0.1) is 12.4 Å². The Morgan fingerprint density at radius 3 is 2.64 bits per heavy atom. The van der Waals surface area contributed by atoms with Crippen LogP contribution in [0.1, 0.15) is 30.5 Å². The van der Waals surface area contributed by atoms with Gasteiger partial charge in [0.25, 0.3) is 0 Å². The van der Waals surface area contributed by atoms with E-state index in [0.717, 1.165) is 17.5 Å². The average Bonchev–Trinajstić information content (AvgIpc) is 2.62. The molecule has 1 saturated heterocycles. The summed E-state index contributed by atoms with van der Waals surface area (Å²) in [7, 11) is 0. The van der Waals surface area contributed by atoms with Crippen molar-refractivity contribution in [1.29, 1.82) is 0 Å². The van der Waals surface area contributed by atoms with Crippen LogP contribution < -0.4 is 14.8 Å². The molecule has 0 aromatic heterocycles. The van der Waals surface area contributed by atoms with E-state index < -0.39 is 0 Å². The highest BCUT2D eigenvalue weighted by Gasteiger charge is 2.22. The molecule has 0 spiro atoms. The Morgan fingerprint density at radius 2 is 1.92 bits per heavy atom. The monoisotopic (exact) mass is 363 g/mol. The Balaban J connectivity index is 0.00000225. The van der Waals surface area contributed by atoms with Crippen molar-refractivity contribution in [2.75, 3.05) is 13.2 Å². The fraction of sp³-hybridized carbons (Fsp3) is 0.316. The van der Waals surface area contributed by atoms with Crippen LogP contribution in [-0.2, 0) is 11.3 Å². The van der Waals surface area contributed by atoms with Gasteiger partial charge in [0.1, 0.15) is 6.61 Å². The highest BCUT2D eigenvalue weighted by Crippen LogP contribution is 2.32. The van der Waals surface area contributed by atoms with Crippen LogP contribution in [0.4, 0.5) is 4.79 Å². The van der Waals surface area contributed by atoms with E-state index in [0.29, 0.717) is 31.3 Å². The number of amides is 1. The number of cyclic esters (lactones) is 1. The van der Waals surface area contributed by atoms with Crippen molar-refractivity contribution in [3.05, 3.63) is 59.7 Å². The molecule has 0 unspecified atom stereocenters. The standard InChI is InChI=1S/C19H21NO4.ClH/c1-2-22-18-12-15(16-10-11-23-19(21)20-16)8-9-17(18)24-13-14-6-4-3-5-7-14;/h3-9,12,16H,2,10-11,13H2,1H3,(H,20,21);1H/t16-;/m1./s1. The first-order chi connectivity index (χ1) is 11.8. The zero-order valence-electron chi connectivity index (χ0n) is 14.1. The fourth-order valence-corrected chi connectivity index (χ4v) is 2.64. The van der Waals surface area contributed by atoms with E-state index in [1.165, 1.54) is 0 Å². The first-order valence-electron chi connectivity index (χ1n) is 8.13. The molecule has 0 radical (unpaired) electrons. The lowest BCUT2D eigenvalue weighted by atomic mass is 10.0. The first kappa shape index (κ1) is 18.9. The highest BCUT2D eigenvalue weighted by molar-refractivity contribution is 5.85. The minimum absolute atomic E-state index is 0. The Kier molecular flexibility index (Phi) is 6.95. The van der Waals surface area contributed by atoms with Crippen molar-refractivity contribution in [2.24, 2.45) is 0 Å². The molecule has 25 heavy (non-hydrogen) atoms. The zero-order chi connectivity index (χ0) is 16.8. The smallest absolute Gasteiger partial charge is 0.407 e. The lowest BCUT2D eigenvalue weighted by molar-refractivity contribution is 0.115. The van der Waals surface area contributed by atoms with Gasteiger partial charge in [-0.25, -0.2) is 4.79 Å². The van der Waals surface area contributed by atoms with E-state index in [4.69, 9.17) is 14.2 Å². The molecule has 3 rings (SSSR count). The van der Waals surface area contributed by atoms with Crippen LogP contribution in [0.25, 0.3) is 0 Å². The molecule has 0 aliphatic carbocycles.